The second-order valence-electron chi connectivity index (χ2n) is 4.64. The van der Waals surface area contributed by atoms with E-state index in [9.17, 15) is 0 Å². The fourth-order valence-corrected chi connectivity index (χ4v) is 2.29. The summed E-state index contributed by atoms with van der Waals surface area (Å²) in [6, 6.07) is 21.2. The number of allylic oxidation sites excluding steroid dienone is 1. The summed E-state index contributed by atoms with van der Waals surface area (Å²) in [4.78, 5) is 0. The maximum Gasteiger partial charge on any atom is 0.146 e. The Labute approximate surface area is 118 Å². The molecule has 19 heavy (non-hydrogen) atoms. The summed E-state index contributed by atoms with van der Waals surface area (Å²) in [5, 5.41) is 0. The van der Waals surface area contributed by atoms with Gasteiger partial charge in [0, 0.05) is 0 Å². The summed E-state index contributed by atoms with van der Waals surface area (Å²) in [6.07, 6.45) is 4.23. The molecule has 0 fully saturated rings. The largest absolute Gasteiger partial charge is 0.424 e. The molecule has 2 aromatic rings. The van der Waals surface area contributed by atoms with Gasteiger partial charge >= 0.3 is 0 Å². The van der Waals surface area contributed by atoms with Crippen molar-refractivity contribution in [2.75, 3.05) is 6.61 Å². The maximum absolute atomic E-state index is 5.31. The van der Waals surface area contributed by atoms with Crippen molar-refractivity contribution in [2.24, 2.45) is 0 Å². The topological polar surface area (TPSA) is 9.23 Å². The summed E-state index contributed by atoms with van der Waals surface area (Å²) in [7, 11) is 0.795. The zero-order chi connectivity index (χ0) is 13.3. The van der Waals surface area contributed by atoms with Crippen molar-refractivity contribution >= 4 is 10.5 Å². The highest BCUT2D eigenvalue weighted by Crippen LogP contribution is 2.14. The first kappa shape index (κ1) is 13.8. The Bertz CT molecular complexity index is 462. The normalized spacial score (nSPS) is 10.3. The molecule has 0 atom stereocenters. The van der Waals surface area contributed by atoms with Crippen molar-refractivity contribution in [1.29, 1.82) is 0 Å². The minimum atomic E-state index is 0.737. The number of hydrogen-bond donors (Lipinski definition) is 0. The Morgan fingerprint density at radius 3 is 1.74 bits per heavy atom. The van der Waals surface area contributed by atoms with Gasteiger partial charge in [0.05, 0.1) is 6.61 Å². The smallest absolute Gasteiger partial charge is 0.146 e. The lowest BCUT2D eigenvalue weighted by Crippen LogP contribution is -1.98. The first-order chi connectivity index (χ1) is 9.38. The third-order valence-electron chi connectivity index (χ3n) is 3.09. The van der Waals surface area contributed by atoms with E-state index in [0.29, 0.717) is 0 Å². The van der Waals surface area contributed by atoms with E-state index < -0.39 is 0 Å². The van der Waals surface area contributed by atoms with Crippen LogP contribution in [0.25, 0.3) is 0 Å². The van der Waals surface area contributed by atoms with E-state index in [-0.39, 0.29) is 0 Å². The molecule has 2 aromatic carbocycles. The highest BCUT2D eigenvalue weighted by molar-refractivity contribution is 5.98. The van der Waals surface area contributed by atoms with E-state index in [4.69, 9.17) is 4.43 Å². The highest BCUT2D eigenvalue weighted by Gasteiger charge is 2.01. The predicted molar refractivity (Wildman–Crippen MR) is 84.3 cm³/mol. The Morgan fingerprint density at radius 1 is 0.842 bits per heavy atom. The minimum Gasteiger partial charge on any atom is -0.424 e. The van der Waals surface area contributed by atoms with Crippen LogP contribution < -0.4 is 0 Å². The Hall–Kier alpha value is -1.64. The Morgan fingerprint density at radius 2 is 1.32 bits per heavy atom. The molecule has 2 rings (SSSR count). The molecule has 2 heteroatoms. The summed E-state index contributed by atoms with van der Waals surface area (Å²) >= 11 is 0. The Kier molecular flexibility index (Phi) is 5.60. The van der Waals surface area contributed by atoms with Gasteiger partial charge in [-0.25, -0.2) is 0 Å². The van der Waals surface area contributed by atoms with Crippen LogP contribution in [0.4, 0.5) is 0 Å². The van der Waals surface area contributed by atoms with Crippen molar-refractivity contribution < 1.29 is 4.43 Å². The van der Waals surface area contributed by atoms with Gasteiger partial charge in [0.15, 0.2) is 0 Å². The van der Waals surface area contributed by atoms with Crippen LogP contribution in [0.15, 0.2) is 72.3 Å². The van der Waals surface area contributed by atoms with Crippen molar-refractivity contribution in [3.8, 4) is 0 Å². The fourth-order valence-electron chi connectivity index (χ4n) is 2.12. The molecule has 0 saturated heterocycles. The zero-order valence-corrected chi connectivity index (χ0v) is 13.4. The van der Waals surface area contributed by atoms with Crippen LogP contribution in [0.5, 0.6) is 0 Å². The molecule has 0 bridgehead atoms. The third kappa shape index (κ3) is 4.85. The van der Waals surface area contributed by atoms with E-state index in [2.05, 4.69) is 66.7 Å². The Balaban J connectivity index is 2.08. The molecule has 0 unspecified atom stereocenters. The second-order valence-corrected chi connectivity index (χ2v) is 5.22. The van der Waals surface area contributed by atoms with Crippen LogP contribution in [-0.2, 0) is 17.3 Å². The first-order valence-corrected chi connectivity index (χ1v) is 7.45. The standard InChI is InChI=1S/C17H20OSi/c19-18-12-11-17(13-15-7-3-1-4-8-15)14-16-9-5-2-6-10-16/h1-11H,12-14H2,19H3. The van der Waals surface area contributed by atoms with E-state index in [1.165, 1.54) is 16.7 Å². The van der Waals surface area contributed by atoms with E-state index >= 15 is 0 Å². The van der Waals surface area contributed by atoms with Crippen LogP contribution in [0.2, 0.25) is 0 Å². The zero-order valence-electron chi connectivity index (χ0n) is 11.4. The lowest BCUT2D eigenvalue weighted by atomic mass is 9.98. The van der Waals surface area contributed by atoms with Crippen LogP contribution in [0.3, 0.4) is 0 Å². The average molecular weight is 268 g/mol. The molecule has 0 aliphatic carbocycles. The number of benzene rings is 2. The van der Waals surface area contributed by atoms with Gasteiger partial charge in [0.1, 0.15) is 10.5 Å². The monoisotopic (exact) mass is 268 g/mol. The molecule has 0 amide bonds. The quantitative estimate of drug-likeness (QED) is 0.578. The lowest BCUT2D eigenvalue weighted by molar-refractivity contribution is 0.400. The molecule has 0 saturated carbocycles. The van der Waals surface area contributed by atoms with Gasteiger partial charge in [-0.15, -0.1) is 0 Å². The van der Waals surface area contributed by atoms with Gasteiger partial charge in [0.25, 0.3) is 0 Å². The third-order valence-corrected chi connectivity index (χ3v) is 3.42. The van der Waals surface area contributed by atoms with E-state index in [1.54, 1.807) is 0 Å². The van der Waals surface area contributed by atoms with Gasteiger partial charge in [-0.2, -0.15) is 0 Å². The van der Waals surface area contributed by atoms with Gasteiger partial charge in [0.2, 0.25) is 0 Å². The van der Waals surface area contributed by atoms with Gasteiger partial charge in [-0.3, -0.25) is 0 Å². The SMILES string of the molecule is [SiH3]OCC=C(Cc1ccccc1)Cc1ccccc1. The molecule has 98 valence electrons. The van der Waals surface area contributed by atoms with Crippen LogP contribution in [0, 0.1) is 0 Å². The van der Waals surface area contributed by atoms with Gasteiger partial charge in [-0.1, -0.05) is 72.3 Å². The molecule has 0 N–H and O–H groups in total. The van der Waals surface area contributed by atoms with Gasteiger partial charge < -0.3 is 4.43 Å². The molecular formula is C17H20OSi. The van der Waals surface area contributed by atoms with Crippen LogP contribution >= 0.6 is 0 Å². The number of rotatable bonds is 6. The maximum atomic E-state index is 5.31. The number of hydrogen-bond acceptors (Lipinski definition) is 1. The minimum absolute atomic E-state index is 0.737. The predicted octanol–water partition coefficient (Wildman–Crippen LogP) is 2.70. The van der Waals surface area contributed by atoms with Gasteiger partial charge in [-0.05, 0) is 24.0 Å². The summed E-state index contributed by atoms with van der Waals surface area (Å²) in [5.74, 6) is 0. The second kappa shape index (κ2) is 7.72. The molecular weight excluding hydrogens is 248 g/mol. The summed E-state index contributed by atoms with van der Waals surface area (Å²) in [5.41, 5.74) is 4.14. The summed E-state index contributed by atoms with van der Waals surface area (Å²) in [6.45, 7) is 0.737. The van der Waals surface area contributed by atoms with Crippen LogP contribution in [-0.4, -0.2) is 17.1 Å². The lowest BCUT2D eigenvalue weighted by Gasteiger charge is -2.08. The summed E-state index contributed by atoms with van der Waals surface area (Å²) < 4.78 is 5.31. The van der Waals surface area contributed by atoms with Crippen LogP contribution in [0.1, 0.15) is 11.1 Å². The van der Waals surface area contributed by atoms with Crippen molar-refractivity contribution in [1.82, 2.24) is 0 Å². The average Bonchev–Trinajstić information content (AvgIpc) is 2.47. The first-order valence-electron chi connectivity index (χ1n) is 6.63. The molecule has 0 aliphatic heterocycles. The van der Waals surface area contributed by atoms with E-state index in [0.717, 1.165) is 29.9 Å². The van der Waals surface area contributed by atoms with Crippen molar-refractivity contribution in [3.63, 3.8) is 0 Å². The molecule has 0 aliphatic rings. The molecule has 0 radical (unpaired) electrons. The van der Waals surface area contributed by atoms with E-state index in [1.807, 2.05) is 0 Å². The molecule has 0 heterocycles. The molecule has 1 nitrogen and oxygen atoms in total. The van der Waals surface area contributed by atoms with Crippen molar-refractivity contribution in [3.05, 3.63) is 83.4 Å². The highest BCUT2D eigenvalue weighted by atomic mass is 28.2. The fraction of sp³-hybridized carbons (Fsp3) is 0.176. The molecule has 0 aromatic heterocycles. The van der Waals surface area contributed by atoms with Crippen molar-refractivity contribution in [2.45, 2.75) is 12.8 Å². The molecule has 0 spiro atoms.